The maximum absolute atomic E-state index is 6.26. The van der Waals surface area contributed by atoms with Gasteiger partial charge in [-0.25, -0.2) is 0 Å². The van der Waals surface area contributed by atoms with Crippen molar-refractivity contribution < 1.29 is 9.47 Å². The van der Waals surface area contributed by atoms with Crippen LogP contribution in [0.15, 0.2) is 24.3 Å². The summed E-state index contributed by atoms with van der Waals surface area (Å²) in [4.78, 5) is 0. The summed E-state index contributed by atoms with van der Waals surface area (Å²) in [5.41, 5.74) is 1.66. The molecule has 0 aliphatic heterocycles. The standard InChI is InChI=1S/C18H29NO2/c1-18(2)11-9-16(19-3)17(13-18)21-15-7-5-14(6-8-15)10-12-20-4/h5-8,16-17,19H,9-13H2,1-4H3. The highest BCUT2D eigenvalue weighted by Crippen LogP contribution is 2.37. The molecule has 0 spiro atoms. The first-order valence-electron chi connectivity index (χ1n) is 7.96. The van der Waals surface area contributed by atoms with Crippen LogP contribution in [-0.4, -0.2) is 32.9 Å². The third-order valence-corrected chi connectivity index (χ3v) is 4.51. The Morgan fingerprint density at radius 1 is 1.24 bits per heavy atom. The van der Waals surface area contributed by atoms with Crippen LogP contribution >= 0.6 is 0 Å². The molecule has 0 heterocycles. The van der Waals surface area contributed by atoms with Gasteiger partial charge in [-0.2, -0.15) is 0 Å². The zero-order valence-corrected chi connectivity index (χ0v) is 13.8. The van der Waals surface area contributed by atoms with Crippen molar-refractivity contribution in [3.63, 3.8) is 0 Å². The summed E-state index contributed by atoms with van der Waals surface area (Å²) >= 11 is 0. The number of rotatable bonds is 6. The first kappa shape index (κ1) is 16.3. The molecule has 2 unspecified atom stereocenters. The lowest BCUT2D eigenvalue weighted by Crippen LogP contribution is -2.47. The molecule has 1 aliphatic carbocycles. The maximum atomic E-state index is 6.26. The second-order valence-electron chi connectivity index (χ2n) is 6.85. The molecule has 0 amide bonds. The van der Waals surface area contributed by atoms with Crippen LogP contribution in [0, 0.1) is 5.41 Å². The fraction of sp³-hybridized carbons (Fsp3) is 0.667. The maximum Gasteiger partial charge on any atom is 0.119 e. The summed E-state index contributed by atoms with van der Waals surface area (Å²) < 4.78 is 11.4. The summed E-state index contributed by atoms with van der Waals surface area (Å²) in [7, 11) is 3.77. The number of likely N-dealkylation sites (N-methyl/N-ethyl adjacent to an activating group) is 1. The Kier molecular flexibility index (Phi) is 5.65. The summed E-state index contributed by atoms with van der Waals surface area (Å²) in [6.07, 6.45) is 4.74. The van der Waals surface area contributed by atoms with Crippen LogP contribution in [0.2, 0.25) is 0 Å². The molecule has 1 aromatic rings. The van der Waals surface area contributed by atoms with Gasteiger partial charge in [-0.3, -0.25) is 0 Å². The highest BCUT2D eigenvalue weighted by molar-refractivity contribution is 5.27. The van der Waals surface area contributed by atoms with Crippen molar-refractivity contribution >= 4 is 0 Å². The molecule has 21 heavy (non-hydrogen) atoms. The third kappa shape index (κ3) is 4.72. The van der Waals surface area contributed by atoms with Crippen LogP contribution in [0.4, 0.5) is 0 Å². The van der Waals surface area contributed by atoms with Gasteiger partial charge in [0.1, 0.15) is 11.9 Å². The number of benzene rings is 1. The fourth-order valence-electron chi connectivity index (χ4n) is 3.10. The average molecular weight is 291 g/mol. The second kappa shape index (κ2) is 7.28. The minimum Gasteiger partial charge on any atom is -0.489 e. The van der Waals surface area contributed by atoms with Gasteiger partial charge in [0.05, 0.1) is 6.61 Å². The van der Waals surface area contributed by atoms with Crippen molar-refractivity contribution in [2.24, 2.45) is 5.41 Å². The molecule has 1 aliphatic rings. The molecule has 0 saturated heterocycles. The van der Waals surface area contributed by atoms with E-state index >= 15 is 0 Å². The Hall–Kier alpha value is -1.06. The second-order valence-corrected chi connectivity index (χ2v) is 6.85. The van der Waals surface area contributed by atoms with Gasteiger partial charge in [-0.15, -0.1) is 0 Å². The van der Waals surface area contributed by atoms with Gasteiger partial charge in [0.2, 0.25) is 0 Å². The van der Waals surface area contributed by atoms with Gasteiger partial charge < -0.3 is 14.8 Å². The first-order chi connectivity index (χ1) is 10.0. The van der Waals surface area contributed by atoms with E-state index in [2.05, 4.69) is 43.4 Å². The molecular weight excluding hydrogens is 262 g/mol. The van der Waals surface area contributed by atoms with Crippen molar-refractivity contribution in [3.8, 4) is 5.75 Å². The molecule has 1 aromatic carbocycles. The van der Waals surface area contributed by atoms with Crippen LogP contribution in [0.3, 0.4) is 0 Å². The smallest absolute Gasteiger partial charge is 0.119 e. The van der Waals surface area contributed by atoms with E-state index in [1.165, 1.54) is 18.4 Å². The summed E-state index contributed by atoms with van der Waals surface area (Å²) in [6, 6.07) is 8.89. The molecule has 0 bridgehead atoms. The molecular formula is C18H29NO2. The van der Waals surface area contributed by atoms with Crippen LogP contribution in [0.5, 0.6) is 5.75 Å². The monoisotopic (exact) mass is 291 g/mol. The van der Waals surface area contributed by atoms with Crippen molar-refractivity contribution in [2.75, 3.05) is 20.8 Å². The molecule has 1 fully saturated rings. The van der Waals surface area contributed by atoms with Crippen molar-refractivity contribution in [3.05, 3.63) is 29.8 Å². The SMILES string of the molecule is CNC1CCC(C)(C)CC1Oc1ccc(CCOC)cc1. The van der Waals surface area contributed by atoms with E-state index in [0.717, 1.165) is 25.2 Å². The van der Waals surface area contributed by atoms with Crippen LogP contribution < -0.4 is 10.1 Å². The quantitative estimate of drug-likeness (QED) is 0.871. The number of hydrogen-bond acceptors (Lipinski definition) is 3. The van der Waals surface area contributed by atoms with E-state index in [1.807, 2.05) is 7.05 Å². The Morgan fingerprint density at radius 2 is 1.95 bits per heavy atom. The minimum atomic E-state index is 0.253. The van der Waals surface area contributed by atoms with E-state index in [0.29, 0.717) is 11.5 Å². The lowest BCUT2D eigenvalue weighted by atomic mass is 9.74. The number of hydrogen-bond donors (Lipinski definition) is 1. The zero-order chi connectivity index (χ0) is 15.3. The molecule has 2 rings (SSSR count). The summed E-state index contributed by atoms with van der Waals surface area (Å²) in [5.74, 6) is 0.971. The molecule has 118 valence electrons. The molecule has 1 N–H and O–H groups in total. The average Bonchev–Trinajstić information content (AvgIpc) is 2.46. The Morgan fingerprint density at radius 3 is 2.57 bits per heavy atom. The minimum absolute atomic E-state index is 0.253. The molecule has 0 aromatic heterocycles. The van der Waals surface area contributed by atoms with Crippen LogP contribution in [0.1, 0.15) is 38.7 Å². The molecule has 3 heteroatoms. The van der Waals surface area contributed by atoms with E-state index in [9.17, 15) is 0 Å². The largest absolute Gasteiger partial charge is 0.489 e. The van der Waals surface area contributed by atoms with Crippen LogP contribution in [0.25, 0.3) is 0 Å². The molecule has 1 saturated carbocycles. The number of ether oxygens (including phenoxy) is 2. The van der Waals surface area contributed by atoms with Gasteiger partial charge in [-0.05, 0) is 55.8 Å². The molecule has 2 atom stereocenters. The van der Waals surface area contributed by atoms with Gasteiger partial charge >= 0.3 is 0 Å². The normalized spacial score (nSPS) is 24.8. The lowest BCUT2D eigenvalue weighted by molar-refractivity contribution is 0.0559. The number of methoxy groups -OCH3 is 1. The number of nitrogens with one attached hydrogen (secondary N) is 1. The lowest BCUT2D eigenvalue weighted by Gasteiger charge is -2.40. The summed E-state index contributed by atoms with van der Waals surface area (Å²) in [6.45, 7) is 5.44. The molecule has 0 radical (unpaired) electrons. The van der Waals surface area contributed by atoms with E-state index in [1.54, 1.807) is 7.11 Å². The molecule has 3 nitrogen and oxygen atoms in total. The van der Waals surface area contributed by atoms with Gasteiger partial charge in [-0.1, -0.05) is 26.0 Å². The fourth-order valence-corrected chi connectivity index (χ4v) is 3.10. The predicted molar refractivity (Wildman–Crippen MR) is 86.9 cm³/mol. The zero-order valence-electron chi connectivity index (χ0n) is 13.8. The van der Waals surface area contributed by atoms with E-state index in [4.69, 9.17) is 9.47 Å². The highest BCUT2D eigenvalue weighted by atomic mass is 16.5. The Bertz CT molecular complexity index is 427. The van der Waals surface area contributed by atoms with E-state index in [-0.39, 0.29) is 6.10 Å². The van der Waals surface area contributed by atoms with Crippen molar-refractivity contribution in [1.29, 1.82) is 0 Å². The van der Waals surface area contributed by atoms with Crippen molar-refractivity contribution in [1.82, 2.24) is 5.32 Å². The topological polar surface area (TPSA) is 30.5 Å². The van der Waals surface area contributed by atoms with E-state index < -0.39 is 0 Å². The predicted octanol–water partition coefficient (Wildman–Crippen LogP) is 3.42. The Labute approximate surface area is 129 Å². The Balaban J connectivity index is 1.98. The third-order valence-electron chi connectivity index (χ3n) is 4.51. The van der Waals surface area contributed by atoms with Gasteiger partial charge in [0.15, 0.2) is 0 Å². The highest BCUT2D eigenvalue weighted by Gasteiger charge is 2.35. The summed E-state index contributed by atoms with van der Waals surface area (Å²) in [5, 5.41) is 3.41. The first-order valence-corrected chi connectivity index (χ1v) is 7.96. The van der Waals surface area contributed by atoms with Crippen molar-refractivity contribution in [2.45, 2.75) is 51.7 Å². The van der Waals surface area contributed by atoms with Gasteiger partial charge in [0, 0.05) is 13.2 Å². The van der Waals surface area contributed by atoms with Crippen LogP contribution in [-0.2, 0) is 11.2 Å². The van der Waals surface area contributed by atoms with Gasteiger partial charge in [0.25, 0.3) is 0 Å².